The molecule has 2 heterocycles. The molecular formula is C18H20N2O3S2. The van der Waals surface area contributed by atoms with Crippen molar-refractivity contribution in [1.29, 1.82) is 0 Å². The fraction of sp³-hybridized carbons (Fsp3) is 0.389. The van der Waals surface area contributed by atoms with Crippen molar-refractivity contribution >= 4 is 29.5 Å². The molecule has 1 aromatic carbocycles. The minimum atomic E-state index is -0.342. The van der Waals surface area contributed by atoms with Gasteiger partial charge in [0, 0.05) is 24.0 Å². The molecule has 0 amide bonds. The van der Waals surface area contributed by atoms with E-state index in [1.165, 1.54) is 7.11 Å². The number of benzene rings is 1. The first-order chi connectivity index (χ1) is 12.0. The van der Waals surface area contributed by atoms with Gasteiger partial charge < -0.3 is 4.74 Å². The lowest BCUT2D eigenvalue weighted by atomic mass is 10.1. The van der Waals surface area contributed by atoms with Crippen LogP contribution < -0.4 is 5.56 Å². The summed E-state index contributed by atoms with van der Waals surface area (Å²) in [5.41, 5.74) is 2.60. The fourth-order valence-corrected chi connectivity index (χ4v) is 4.87. The molecule has 3 rings (SSSR count). The van der Waals surface area contributed by atoms with Crippen LogP contribution in [0.4, 0.5) is 0 Å². The molecule has 0 saturated carbocycles. The van der Waals surface area contributed by atoms with E-state index in [0.29, 0.717) is 23.1 Å². The normalized spacial score (nSPS) is 15.9. The van der Waals surface area contributed by atoms with Crippen LogP contribution in [0.3, 0.4) is 0 Å². The number of nitrogens with zero attached hydrogens (tertiary/aromatic N) is 2. The third kappa shape index (κ3) is 3.77. The minimum Gasteiger partial charge on any atom is -0.465 e. The summed E-state index contributed by atoms with van der Waals surface area (Å²) >= 11 is 3.18. The maximum atomic E-state index is 12.7. The maximum absolute atomic E-state index is 12.7. The third-order valence-corrected chi connectivity index (χ3v) is 6.28. The van der Waals surface area contributed by atoms with Gasteiger partial charge in [0.1, 0.15) is 0 Å². The molecule has 0 bridgehead atoms. The lowest BCUT2D eigenvalue weighted by Gasteiger charge is -2.11. The second-order valence-electron chi connectivity index (χ2n) is 5.83. The molecule has 0 N–H and O–H groups in total. The summed E-state index contributed by atoms with van der Waals surface area (Å²) in [5.74, 6) is 0.348. The highest BCUT2D eigenvalue weighted by atomic mass is 32.2. The van der Waals surface area contributed by atoms with Gasteiger partial charge >= 0.3 is 5.97 Å². The van der Waals surface area contributed by atoms with E-state index in [4.69, 9.17) is 9.72 Å². The zero-order valence-corrected chi connectivity index (χ0v) is 16.1. The molecule has 1 atom stereocenters. The molecule has 0 saturated heterocycles. The van der Waals surface area contributed by atoms with Crippen LogP contribution in [0.5, 0.6) is 0 Å². The number of rotatable bonds is 5. The molecule has 25 heavy (non-hydrogen) atoms. The van der Waals surface area contributed by atoms with Gasteiger partial charge in [0.15, 0.2) is 5.16 Å². The van der Waals surface area contributed by atoms with Gasteiger partial charge in [-0.1, -0.05) is 30.8 Å². The van der Waals surface area contributed by atoms with E-state index in [1.807, 2.05) is 19.1 Å². The molecular weight excluding hydrogens is 356 g/mol. The summed E-state index contributed by atoms with van der Waals surface area (Å²) in [5, 5.41) is 1.17. The second-order valence-corrected chi connectivity index (χ2v) is 8.22. The lowest BCUT2D eigenvalue weighted by molar-refractivity contribution is 0.0600. The number of ether oxygens (including phenoxy) is 1. The molecule has 0 radical (unpaired) electrons. The molecule has 1 aliphatic rings. The van der Waals surface area contributed by atoms with E-state index >= 15 is 0 Å². The molecule has 1 aliphatic heterocycles. The first kappa shape index (κ1) is 18.1. The Balaban J connectivity index is 1.79. The third-order valence-electron chi connectivity index (χ3n) is 4.02. The molecule has 132 valence electrons. The number of fused-ring (bicyclic) bond motifs is 1. The summed E-state index contributed by atoms with van der Waals surface area (Å²) in [6.45, 7) is 4.70. The minimum absolute atomic E-state index is 0.0744. The van der Waals surface area contributed by atoms with E-state index in [0.717, 1.165) is 27.7 Å². The molecule has 0 aliphatic carbocycles. The number of hydrogen-bond donors (Lipinski definition) is 0. The highest BCUT2D eigenvalue weighted by Crippen LogP contribution is 2.34. The van der Waals surface area contributed by atoms with Crippen LogP contribution in [0.2, 0.25) is 0 Å². The van der Waals surface area contributed by atoms with Crippen molar-refractivity contribution in [2.45, 2.75) is 47.9 Å². The van der Waals surface area contributed by atoms with Crippen LogP contribution >= 0.6 is 23.5 Å². The molecule has 7 heteroatoms. The Bertz CT molecular complexity index is 847. The Hall–Kier alpha value is -1.73. The fourth-order valence-electron chi connectivity index (χ4n) is 2.72. The molecule has 1 aromatic heterocycles. The van der Waals surface area contributed by atoms with Crippen molar-refractivity contribution < 1.29 is 9.53 Å². The van der Waals surface area contributed by atoms with Crippen LogP contribution in [-0.4, -0.2) is 27.9 Å². The smallest absolute Gasteiger partial charge is 0.337 e. The molecule has 0 fully saturated rings. The van der Waals surface area contributed by atoms with Gasteiger partial charge in [0.05, 0.1) is 23.3 Å². The monoisotopic (exact) mass is 376 g/mol. The number of aromatic nitrogens is 2. The van der Waals surface area contributed by atoms with E-state index in [-0.39, 0.29) is 11.5 Å². The number of carbonyl (C=O) groups is 1. The number of carbonyl (C=O) groups excluding carboxylic acids is 1. The highest BCUT2D eigenvalue weighted by molar-refractivity contribution is 8.00. The van der Waals surface area contributed by atoms with Crippen molar-refractivity contribution in [2.75, 3.05) is 7.11 Å². The first-order valence-electron chi connectivity index (χ1n) is 8.14. The van der Waals surface area contributed by atoms with Crippen LogP contribution in [0.15, 0.2) is 39.1 Å². The Morgan fingerprint density at radius 3 is 2.76 bits per heavy atom. The molecule has 5 nitrogen and oxygen atoms in total. The number of thioether (sulfide) groups is 2. The standard InChI is InChI=1S/C18H20N2O3S2/c1-4-20-16(21)15-14(9-11(2)25-15)19-18(20)24-10-12-5-7-13(8-6-12)17(22)23-3/h5-8,11H,4,9-10H2,1-3H3. The number of hydrogen-bond acceptors (Lipinski definition) is 6. The van der Waals surface area contributed by atoms with Crippen molar-refractivity contribution in [3.05, 3.63) is 51.4 Å². The first-order valence-corrected chi connectivity index (χ1v) is 10.0. The summed E-state index contributed by atoms with van der Waals surface area (Å²) < 4.78 is 6.45. The SMILES string of the molecule is CCn1c(SCc2ccc(C(=O)OC)cc2)nc2c(c1=O)SC(C)C2. The molecule has 0 spiro atoms. The predicted octanol–water partition coefficient (Wildman–Crippen LogP) is 3.38. The van der Waals surface area contributed by atoms with Crippen LogP contribution in [0, 0.1) is 0 Å². The van der Waals surface area contributed by atoms with Gasteiger partial charge in [-0.3, -0.25) is 9.36 Å². The summed E-state index contributed by atoms with van der Waals surface area (Å²) in [4.78, 5) is 29.7. The Labute approximate surface area is 155 Å². The van der Waals surface area contributed by atoms with Crippen LogP contribution in [-0.2, 0) is 23.5 Å². The van der Waals surface area contributed by atoms with Gasteiger partial charge in [-0.25, -0.2) is 9.78 Å². The van der Waals surface area contributed by atoms with E-state index in [1.54, 1.807) is 40.2 Å². The van der Waals surface area contributed by atoms with E-state index < -0.39 is 0 Å². The average Bonchev–Trinajstić information content (AvgIpc) is 3.00. The lowest BCUT2D eigenvalue weighted by Crippen LogP contribution is -2.24. The largest absolute Gasteiger partial charge is 0.465 e. The van der Waals surface area contributed by atoms with Crippen molar-refractivity contribution in [2.24, 2.45) is 0 Å². The van der Waals surface area contributed by atoms with Crippen LogP contribution in [0.25, 0.3) is 0 Å². The summed E-state index contributed by atoms with van der Waals surface area (Å²) in [6.07, 6.45) is 0.848. The Kier molecular flexibility index (Phi) is 5.54. The van der Waals surface area contributed by atoms with Gasteiger partial charge in [-0.2, -0.15) is 0 Å². The zero-order valence-electron chi connectivity index (χ0n) is 14.4. The molecule has 1 unspecified atom stereocenters. The number of methoxy groups -OCH3 is 1. The van der Waals surface area contributed by atoms with E-state index in [2.05, 4.69) is 6.92 Å². The summed E-state index contributed by atoms with van der Waals surface area (Å²) in [7, 11) is 1.37. The van der Waals surface area contributed by atoms with Gasteiger partial charge in [-0.15, -0.1) is 11.8 Å². The Morgan fingerprint density at radius 2 is 2.12 bits per heavy atom. The Morgan fingerprint density at radius 1 is 1.40 bits per heavy atom. The predicted molar refractivity (Wildman–Crippen MR) is 101 cm³/mol. The van der Waals surface area contributed by atoms with E-state index in [9.17, 15) is 9.59 Å². The average molecular weight is 377 g/mol. The maximum Gasteiger partial charge on any atom is 0.337 e. The van der Waals surface area contributed by atoms with Gasteiger partial charge in [0.25, 0.3) is 5.56 Å². The zero-order chi connectivity index (χ0) is 18.0. The highest BCUT2D eigenvalue weighted by Gasteiger charge is 2.25. The van der Waals surface area contributed by atoms with Crippen LogP contribution in [0.1, 0.15) is 35.5 Å². The quantitative estimate of drug-likeness (QED) is 0.453. The molecule has 2 aromatic rings. The second kappa shape index (κ2) is 7.66. The van der Waals surface area contributed by atoms with Gasteiger partial charge in [-0.05, 0) is 24.6 Å². The van der Waals surface area contributed by atoms with Crippen molar-refractivity contribution in [1.82, 2.24) is 9.55 Å². The van der Waals surface area contributed by atoms with Crippen molar-refractivity contribution in [3.8, 4) is 0 Å². The van der Waals surface area contributed by atoms with Crippen molar-refractivity contribution in [3.63, 3.8) is 0 Å². The summed E-state index contributed by atoms with van der Waals surface area (Å²) in [6, 6.07) is 7.31. The topological polar surface area (TPSA) is 61.2 Å². The van der Waals surface area contributed by atoms with Gasteiger partial charge in [0.2, 0.25) is 0 Å². The number of esters is 1.